The molecule has 1 saturated heterocycles. The molecule has 1 fully saturated rings. The monoisotopic (exact) mass is 203 g/mol. The van der Waals surface area contributed by atoms with Gasteiger partial charge in [0.05, 0.1) is 12.0 Å². The van der Waals surface area contributed by atoms with Crippen LogP contribution in [0, 0.1) is 5.92 Å². The molecule has 1 heterocycles. The molecule has 1 aliphatic heterocycles. The molecule has 0 saturated carbocycles. The van der Waals surface area contributed by atoms with E-state index in [-0.39, 0.29) is 19.4 Å². The average Bonchev–Trinajstić information content (AvgIpc) is 2.16. The van der Waals surface area contributed by atoms with Crippen molar-refractivity contribution in [1.29, 1.82) is 0 Å². The summed E-state index contributed by atoms with van der Waals surface area (Å²) in [5.74, 6) is -2.79. The fraction of sp³-hybridized carbons (Fsp3) is 0.750. The van der Waals surface area contributed by atoms with E-state index in [1.165, 1.54) is 0 Å². The third kappa shape index (κ3) is 2.43. The van der Waals surface area contributed by atoms with Crippen molar-refractivity contribution >= 4 is 11.9 Å². The van der Waals surface area contributed by atoms with Crippen LogP contribution in [0.15, 0.2) is 0 Å². The summed E-state index contributed by atoms with van der Waals surface area (Å²) < 4.78 is 5.09. The second-order valence-electron chi connectivity index (χ2n) is 3.33. The lowest BCUT2D eigenvalue weighted by Gasteiger charge is -2.30. The van der Waals surface area contributed by atoms with Crippen molar-refractivity contribution in [3.8, 4) is 0 Å². The van der Waals surface area contributed by atoms with E-state index in [2.05, 4.69) is 0 Å². The van der Waals surface area contributed by atoms with Gasteiger partial charge in [0.15, 0.2) is 6.10 Å². The van der Waals surface area contributed by atoms with E-state index in [1.54, 1.807) is 0 Å². The predicted molar refractivity (Wildman–Crippen MR) is 45.7 cm³/mol. The van der Waals surface area contributed by atoms with Gasteiger partial charge < -0.3 is 20.7 Å². The van der Waals surface area contributed by atoms with Crippen LogP contribution in [0.4, 0.5) is 0 Å². The van der Waals surface area contributed by atoms with Crippen LogP contribution in [-0.2, 0) is 14.3 Å². The van der Waals surface area contributed by atoms with Crippen LogP contribution < -0.4 is 5.73 Å². The third-order valence-electron chi connectivity index (χ3n) is 2.29. The number of carboxylic acid groups (broad SMARTS) is 2. The molecule has 80 valence electrons. The van der Waals surface area contributed by atoms with Crippen molar-refractivity contribution in [2.45, 2.75) is 25.0 Å². The first-order valence-corrected chi connectivity index (χ1v) is 4.35. The van der Waals surface area contributed by atoms with Gasteiger partial charge in [-0.2, -0.15) is 0 Å². The summed E-state index contributed by atoms with van der Waals surface area (Å²) in [6, 6.07) is 0. The maximum Gasteiger partial charge on any atom is 0.332 e. The molecule has 0 aromatic carbocycles. The Morgan fingerprint density at radius 2 is 1.93 bits per heavy atom. The molecular formula is C8H13NO5. The number of carbonyl (C=O) groups is 2. The van der Waals surface area contributed by atoms with E-state index in [0.29, 0.717) is 0 Å². The maximum atomic E-state index is 10.7. The number of rotatable bonds is 3. The van der Waals surface area contributed by atoms with E-state index in [0.717, 1.165) is 0 Å². The molecule has 0 aromatic rings. The van der Waals surface area contributed by atoms with E-state index < -0.39 is 30.1 Å². The number of hydrogen-bond acceptors (Lipinski definition) is 4. The van der Waals surface area contributed by atoms with Crippen molar-refractivity contribution in [2.24, 2.45) is 11.7 Å². The van der Waals surface area contributed by atoms with Crippen molar-refractivity contribution < 1.29 is 24.5 Å². The Balaban J connectivity index is 2.66. The second kappa shape index (κ2) is 4.39. The smallest absolute Gasteiger partial charge is 0.332 e. The van der Waals surface area contributed by atoms with Gasteiger partial charge in [-0.05, 0) is 12.8 Å². The Kier molecular flexibility index (Phi) is 3.43. The largest absolute Gasteiger partial charge is 0.481 e. The van der Waals surface area contributed by atoms with Gasteiger partial charge in [0, 0.05) is 6.54 Å². The van der Waals surface area contributed by atoms with Gasteiger partial charge in [0.1, 0.15) is 0 Å². The van der Waals surface area contributed by atoms with Crippen LogP contribution in [0.3, 0.4) is 0 Å². The normalized spacial score (nSPS) is 32.5. The number of hydrogen-bond donors (Lipinski definition) is 3. The van der Waals surface area contributed by atoms with Gasteiger partial charge in [0.2, 0.25) is 0 Å². The molecule has 0 spiro atoms. The molecule has 0 aliphatic carbocycles. The molecule has 0 radical (unpaired) electrons. The first kappa shape index (κ1) is 10.9. The van der Waals surface area contributed by atoms with Crippen LogP contribution in [0.25, 0.3) is 0 Å². The number of carboxylic acids is 2. The molecular weight excluding hydrogens is 190 g/mol. The quantitative estimate of drug-likeness (QED) is 0.558. The predicted octanol–water partition coefficient (Wildman–Crippen LogP) is -0.722. The minimum Gasteiger partial charge on any atom is -0.481 e. The van der Waals surface area contributed by atoms with Gasteiger partial charge in [-0.25, -0.2) is 4.79 Å². The van der Waals surface area contributed by atoms with E-state index in [4.69, 9.17) is 20.7 Å². The lowest BCUT2D eigenvalue weighted by molar-refractivity contribution is -0.166. The molecule has 0 bridgehead atoms. The summed E-state index contributed by atoms with van der Waals surface area (Å²) in [5.41, 5.74) is 5.32. The number of nitrogens with two attached hydrogens (primary N) is 1. The van der Waals surface area contributed by atoms with E-state index >= 15 is 0 Å². The average molecular weight is 203 g/mol. The lowest BCUT2D eigenvalue weighted by atomic mass is 9.91. The van der Waals surface area contributed by atoms with Crippen LogP contribution in [0.2, 0.25) is 0 Å². The topological polar surface area (TPSA) is 110 Å². The third-order valence-corrected chi connectivity index (χ3v) is 2.29. The molecule has 0 aromatic heterocycles. The molecule has 6 nitrogen and oxygen atoms in total. The standard InChI is InChI=1S/C8H13NO5/c9-3-5-1-4(7(10)11)2-6(14-5)8(12)13/h4-6H,1-3,9H2,(H,10,11)(H,12,13). The first-order valence-electron chi connectivity index (χ1n) is 4.35. The molecule has 3 unspecified atom stereocenters. The summed E-state index contributed by atoms with van der Waals surface area (Å²) in [7, 11) is 0. The Bertz CT molecular complexity index is 220. The highest BCUT2D eigenvalue weighted by Crippen LogP contribution is 2.24. The number of aliphatic carboxylic acids is 2. The molecule has 4 N–H and O–H groups in total. The molecule has 1 aliphatic rings. The van der Waals surface area contributed by atoms with Gasteiger partial charge in [-0.15, -0.1) is 0 Å². The fourth-order valence-electron chi connectivity index (χ4n) is 1.53. The summed E-state index contributed by atoms with van der Waals surface area (Å²) in [6.45, 7) is 0.146. The zero-order valence-electron chi connectivity index (χ0n) is 7.55. The lowest BCUT2D eigenvalue weighted by Crippen LogP contribution is -2.43. The van der Waals surface area contributed by atoms with Gasteiger partial charge in [-0.1, -0.05) is 0 Å². The van der Waals surface area contributed by atoms with E-state index in [1.807, 2.05) is 0 Å². The van der Waals surface area contributed by atoms with Gasteiger partial charge in [-0.3, -0.25) is 4.79 Å². The number of ether oxygens (including phenoxy) is 1. The Hall–Kier alpha value is -1.14. The van der Waals surface area contributed by atoms with Gasteiger partial charge >= 0.3 is 11.9 Å². The Morgan fingerprint density at radius 3 is 2.36 bits per heavy atom. The van der Waals surface area contributed by atoms with E-state index in [9.17, 15) is 9.59 Å². The molecule has 3 atom stereocenters. The van der Waals surface area contributed by atoms with Gasteiger partial charge in [0.25, 0.3) is 0 Å². The maximum absolute atomic E-state index is 10.7. The SMILES string of the molecule is NCC1CC(C(=O)O)CC(C(=O)O)O1. The molecule has 14 heavy (non-hydrogen) atoms. The zero-order chi connectivity index (χ0) is 10.7. The van der Waals surface area contributed by atoms with Crippen molar-refractivity contribution in [2.75, 3.05) is 6.54 Å². The van der Waals surface area contributed by atoms with Crippen LogP contribution in [0.5, 0.6) is 0 Å². The molecule has 0 amide bonds. The van der Waals surface area contributed by atoms with Crippen LogP contribution in [-0.4, -0.2) is 40.9 Å². The zero-order valence-corrected chi connectivity index (χ0v) is 7.55. The second-order valence-corrected chi connectivity index (χ2v) is 3.33. The van der Waals surface area contributed by atoms with Crippen LogP contribution >= 0.6 is 0 Å². The first-order chi connectivity index (χ1) is 6.54. The minimum atomic E-state index is -1.13. The Morgan fingerprint density at radius 1 is 1.29 bits per heavy atom. The minimum absolute atomic E-state index is 0.0150. The van der Waals surface area contributed by atoms with Crippen LogP contribution in [0.1, 0.15) is 12.8 Å². The highest BCUT2D eigenvalue weighted by molar-refractivity contribution is 5.75. The molecule has 1 rings (SSSR count). The summed E-state index contributed by atoms with van der Waals surface area (Å²) in [6.07, 6.45) is -1.21. The summed E-state index contributed by atoms with van der Waals surface area (Å²) in [4.78, 5) is 21.3. The fourth-order valence-corrected chi connectivity index (χ4v) is 1.53. The highest BCUT2D eigenvalue weighted by atomic mass is 16.5. The van der Waals surface area contributed by atoms with Crippen molar-refractivity contribution in [3.63, 3.8) is 0 Å². The van der Waals surface area contributed by atoms with Crippen molar-refractivity contribution in [3.05, 3.63) is 0 Å². The highest BCUT2D eigenvalue weighted by Gasteiger charge is 2.36. The summed E-state index contributed by atoms with van der Waals surface area (Å²) >= 11 is 0. The Labute approximate surface area is 80.7 Å². The molecule has 6 heteroatoms. The summed E-state index contributed by atoms with van der Waals surface area (Å²) in [5, 5.41) is 17.5. The van der Waals surface area contributed by atoms with Crippen molar-refractivity contribution in [1.82, 2.24) is 0 Å².